The van der Waals surface area contributed by atoms with Crippen LogP contribution in [0.1, 0.15) is 16.8 Å². The van der Waals surface area contributed by atoms with Crippen LogP contribution in [0, 0.1) is 0 Å². The maximum atomic E-state index is 11.9. The highest BCUT2D eigenvalue weighted by Gasteiger charge is 2.11. The Bertz CT molecular complexity index is 555. The van der Waals surface area contributed by atoms with E-state index in [9.17, 15) is 4.79 Å². The largest absolute Gasteiger partial charge is 0.352 e. The standard InChI is InChI=1S/C13H13Cl2N3O/c14-11-5-1-4-10(12(11)15)13(19)16-6-2-8-18-9-3-7-17-18/h1,3-5,7,9H,2,6,8H2,(H,16,19). The Labute approximate surface area is 121 Å². The molecule has 0 radical (unpaired) electrons. The van der Waals surface area contributed by atoms with Crippen LogP contribution in [0.15, 0.2) is 36.7 Å². The first-order chi connectivity index (χ1) is 9.18. The molecule has 1 aromatic carbocycles. The van der Waals surface area contributed by atoms with Gasteiger partial charge in [0, 0.05) is 25.5 Å². The first-order valence-corrected chi connectivity index (χ1v) is 6.63. The molecule has 6 heteroatoms. The predicted molar refractivity (Wildman–Crippen MR) is 75.6 cm³/mol. The molecule has 0 aliphatic heterocycles. The van der Waals surface area contributed by atoms with E-state index in [2.05, 4.69) is 10.4 Å². The summed E-state index contributed by atoms with van der Waals surface area (Å²) in [5.74, 6) is -0.215. The molecular formula is C13H13Cl2N3O. The van der Waals surface area contributed by atoms with Crippen LogP contribution in [0.25, 0.3) is 0 Å². The van der Waals surface area contributed by atoms with E-state index in [1.807, 2.05) is 16.9 Å². The normalized spacial score (nSPS) is 10.4. The Kier molecular flexibility index (Phi) is 4.82. The second-order valence-electron chi connectivity index (χ2n) is 3.98. The van der Waals surface area contributed by atoms with Crippen LogP contribution in [0.4, 0.5) is 0 Å². The fourth-order valence-corrected chi connectivity index (χ4v) is 2.04. The van der Waals surface area contributed by atoms with Gasteiger partial charge in [-0.25, -0.2) is 0 Å². The number of nitrogens with zero attached hydrogens (tertiary/aromatic N) is 2. The van der Waals surface area contributed by atoms with Gasteiger partial charge in [0.2, 0.25) is 0 Å². The Morgan fingerprint density at radius 2 is 2.16 bits per heavy atom. The Hall–Kier alpha value is -1.52. The molecule has 0 aliphatic rings. The second kappa shape index (κ2) is 6.59. The average molecular weight is 298 g/mol. The van der Waals surface area contributed by atoms with Gasteiger partial charge in [0.15, 0.2) is 0 Å². The van der Waals surface area contributed by atoms with E-state index in [1.165, 1.54) is 0 Å². The van der Waals surface area contributed by atoms with Gasteiger partial charge in [0.25, 0.3) is 5.91 Å². The van der Waals surface area contributed by atoms with Gasteiger partial charge in [-0.05, 0) is 24.6 Å². The topological polar surface area (TPSA) is 46.9 Å². The van der Waals surface area contributed by atoms with Gasteiger partial charge in [-0.3, -0.25) is 9.48 Å². The Morgan fingerprint density at radius 3 is 2.89 bits per heavy atom. The van der Waals surface area contributed by atoms with Crippen LogP contribution < -0.4 is 5.32 Å². The molecule has 100 valence electrons. The number of hydrogen-bond acceptors (Lipinski definition) is 2. The predicted octanol–water partition coefficient (Wildman–Crippen LogP) is 3.01. The molecule has 1 heterocycles. The lowest BCUT2D eigenvalue weighted by Crippen LogP contribution is -2.25. The number of hydrogen-bond donors (Lipinski definition) is 1. The second-order valence-corrected chi connectivity index (χ2v) is 4.77. The molecule has 0 fully saturated rings. The van der Waals surface area contributed by atoms with Gasteiger partial charge in [0.1, 0.15) is 0 Å². The molecule has 0 atom stereocenters. The fraction of sp³-hybridized carbons (Fsp3) is 0.231. The number of amides is 1. The van der Waals surface area contributed by atoms with E-state index in [-0.39, 0.29) is 10.9 Å². The fourth-order valence-electron chi connectivity index (χ4n) is 1.65. The first-order valence-electron chi connectivity index (χ1n) is 5.88. The van der Waals surface area contributed by atoms with Crippen LogP contribution >= 0.6 is 23.2 Å². The van der Waals surface area contributed by atoms with Crippen LogP contribution in [0.2, 0.25) is 10.0 Å². The van der Waals surface area contributed by atoms with Crippen molar-refractivity contribution in [2.24, 2.45) is 0 Å². The summed E-state index contributed by atoms with van der Waals surface area (Å²) in [4.78, 5) is 11.9. The van der Waals surface area contributed by atoms with Crippen molar-refractivity contribution < 1.29 is 4.79 Å². The van der Waals surface area contributed by atoms with Crippen molar-refractivity contribution >= 4 is 29.1 Å². The third-order valence-corrected chi connectivity index (χ3v) is 3.42. The zero-order valence-electron chi connectivity index (χ0n) is 10.1. The monoisotopic (exact) mass is 297 g/mol. The molecule has 19 heavy (non-hydrogen) atoms. The molecule has 4 nitrogen and oxygen atoms in total. The lowest BCUT2D eigenvalue weighted by atomic mass is 10.2. The molecular weight excluding hydrogens is 285 g/mol. The van der Waals surface area contributed by atoms with Crippen molar-refractivity contribution in [3.8, 4) is 0 Å². The number of aromatic nitrogens is 2. The minimum Gasteiger partial charge on any atom is -0.352 e. The smallest absolute Gasteiger partial charge is 0.252 e. The van der Waals surface area contributed by atoms with Gasteiger partial charge in [-0.1, -0.05) is 29.3 Å². The highest BCUT2D eigenvalue weighted by Crippen LogP contribution is 2.25. The highest BCUT2D eigenvalue weighted by atomic mass is 35.5. The molecule has 0 unspecified atom stereocenters. The number of aryl methyl sites for hydroxylation is 1. The lowest BCUT2D eigenvalue weighted by molar-refractivity contribution is 0.0952. The molecule has 1 aromatic heterocycles. The Morgan fingerprint density at radius 1 is 1.32 bits per heavy atom. The van der Waals surface area contributed by atoms with Crippen molar-refractivity contribution in [3.05, 3.63) is 52.3 Å². The quantitative estimate of drug-likeness (QED) is 0.863. The van der Waals surface area contributed by atoms with Crippen molar-refractivity contribution in [1.82, 2.24) is 15.1 Å². The van der Waals surface area contributed by atoms with Gasteiger partial charge in [-0.2, -0.15) is 5.10 Å². The number of carbonyl (C=O) groups is 1. The maximum Gasteiger partial charge on any atom is 0.252 e. The van der Waals surface area contributed by atoms with E-state index in [0.717, 1.165) is 13.0 Å². The third-order valence-electron chi connectivity index (χ3n) is 2.60. The average Bonchev–Trinajstić information content (AvgIpc) is 2.91. The van der Waals surface area contributed by atoms with Crippen LogP contribution in [0.3, 0.4) is 0 Å². The van der Waals surface area contributed by atoms with E-state index >= 15 is 0 Å². The number of nitrogens with one attached hydrogen (secondary N) is 1. The third kappa shape index (κ3) is 3.72. The maximum absolute atomic E-state index is 11.9. The molecule has 0 spiro atoms. The van der Waals surface area contributed by atoms with Crippen molar-refractivity contribution in [2.45, 2.75) is 13.0 Å². The highest BCUT2D eigenvalue weighted by molar-refractivity contribution is 6.43. The zero-order chi connectivity index (χ0) is 13.7. The van der Waals surface area contributed by atoms with Crippen molar-refractivity contribution in [2.75, 3.05) is 6.54 Å². The van der Waals surface area contributed by atoms with E-state index < -0.39 is 0 Å². The summed E-state index contributed by atoms with van der Waals surface area (Å²) in [6, 6.07) is 6.87. The minimum atomic E-state index is -0.215. The molecule has 0 saturated heterocycles. The SMILES string of the molecule is O=C(NCCCn1cccn1)c1cccc(Cl)c1Cl. The van der Waals surface area contributed by atoms with E-state index in [4.69, 9.17) is 23.2 Å². The lowest BCUT2D eigenvalue weighted by Gasteiger charge is -2.07. The minimum absolute atomic E-state index is 0.215. The summed E-state index contributed by atoms with van der Waals surface area (Å²) in [6.45, 7) is 1.32. The van der Waals surface area contributed by atoms with Crippen LogP contribution in [0.5, 0.6) is 0 Å². The summed E-state index contributed by atoms with van der Waals surface area (Å²) in [5.41, 5.74) is 0.397. The molecule has 2 aromatic rings. The molecule has 0 aliphatic carbocycles. The molecule has 0 saturated carbocycles. The number of halogens is 2. The summed E-state index contributed by atoms with van der Waals surface area (Å²) in [6.07, 6.45) is 4.41. The van der Waals surface area contributed by atoms with Crippen molar-refractivity contribution in [1.29, 1.82) is 0 Å². The number of rotatable bonds is 5. The van der Waals surface area contributed by atoms with Gasteiger partial charge < -0.3 is 5.32 Å². The first kappa shape index (κ1) is 13.9. The van der Waals surface area contributed by atoms with E-state index in [1.54, 1.807) is 24.4 Å². The zero-order valence-corrected chi connectivity index (χ0v) is 11.7. The summed E-state index contributed by atoms with van der Waals surface area (Å²) >= 11 is 11.8. The summed E-state index contributed by atoms with van der Waals surface area (Å²) in [5, 5.41) is 7.55. The van der Waals surface area contributed by atoms with Gasteiger partial charge in [-0.15, -0.1) is 0 Å². The number of benzene rings is 1. The molecule has 0 bridgehead atoms. The summed E-state index contributed by atoms with van der Waals surface area (Å²) < 4.78 is 1.82. The molecule has 1 amide bonds. The number of carbonyl (C=O) groups excluding carboxylic acids is 1. The molecule has 2 rings (SSSR count). The van der Waals surface area contributed by atoms with Gasteiger partial charge >= 0.3 is 0 Å². The Balaban J connectivity index is 1.83. The summed E-state index contributed by atoms with van der Waals surface area (Å²) in [7, 11) is 0. The van der Waals surface area contributed by atoms with Crippen molar-refractivity contribution in [3.63, 3.8) is 0 Å². The van der Waals surface area contributed by atoms with Crippen LogP contribution in [-0.4, -0.2) is 22.2 Å². The van der Waals surface area contributed by atoms with Crippen LogP contribution in [-0.2, 0) is 6.54 Å². The van der Waals surface area contributed by atoms with Gasteiger partial charge in [0.05, 0.1) is 15.6 Å². The van der Waals surface area contributed by atoms with E-state index in [0.29, 0.717) is 17.1 Å². The molecule has 1 N–H and O–H groups in total.